The van der Waals surface area contributed by atoms with Crippen molar-refractivity contribution in [2.75, 3.05) is 0 Å². The fourth-order valence-corrected chi connectivity index (χ4v) is 1.69. The first-order valence-electron chi connectivity index (χ1n) is 6.10. The van der Waals surface area contributed by atoms with E-state index in [-0.39, 0.29) is 21.7 Å². The smallest absolute Gasteiger partial charge is 0.210 e. The second-order valence-corrected chi connectivity index (χ2v) is 4.30. The van der Waals surface area contributed by atoms with Gasteiger partial charge in [0.05, 0.1) is 0 Å². The Balaban J connectivity index is 0.000000284. The Labute approximate surface area is 121 Å². The number of hydrogen-bond donors (Lipinski definition) is 0. The molecule has 1 heteroatoms. The van der Waals surface area contributed by atoms with Crippen LogP contribution in [0.1, 0.15) is 36.1 Å². The molecule has 0 amide bonds. The quantitative estimate of drug-likeness (QED) is 0.550. The van der Waals surface area contributed by atoms with Crippen molar-refractivity contribution in [2.45, 2.75) is 40.5 Å². The molecule has 0 aliphatic carbocycles. The normalized spacial score (nSPS) is 9.18. The summed E-state index contributed by atoms with van der Waals surface area (Å²) < 4.78 is 0. The molecule has 2 rings (SSSR count). The fraction of sp³-hybridized carbons (Fsp3) is 0.375. The van der Waals surface area contributed by atoms with E-state index in [1.807, 2.05) is 0 Å². The topological polar surface area (TPSA) is 0 Å². The maximum atomic E-state index is 2.22. The molecule has 90 valence electrons. The second-order valence-electron chi connectivity index (χ2n) is 4.30. The van der Waals surface area contributed by atoms with Crippen LogP contribution in [0.4, 0.5) is 0 Å². The summed E-state index contributed by atoms with van der Waals surface area (Å²) in [5.74, 6) is 0. The Morgan fingerprint density at radius 2 is 1.18 bits per heavy atom. The van der Waals surface area contributed by atoms with Crippen molar-refractivity contribution in [1.82, 2.24) is 0 Å². The summed E-state index contributed by atoms with van der Waals surface area (Å²) in [6, 6.07) is 13.1. The minimum Gasteiger partial charge on any atom is -0.210 e. The third-order valence-corrected chi connectivity index (χ3v) is 2.76. The van der Waals surface area contributed by atoms with E-state index < -0.39 is 0 Å². The second kappa shape index (κ2) is 8.50. The van der Waals surface area contributed by atoms with Gasteiger partial charge >= 0.3 is 21.7 Å². The van der Waals surface area contributed by atoms with Crippen LogP contribution in [0.2, 0.25) is 0 Å². The van der Waals surface area contributed by atoms with E-state index in [1.54, 1.807) is 0 Å². The van der Waals surface area contributed by atoms with E-state index in [4.69, 9.17) is 0 Å². The SMILES string of the molecule is CCc1cc[c-](C)c1.CCc1cc[c-](C)c1.[Ti+2]. The number of hydrogen-bond acceptors (Lipinski definition) is 0. The van der Waals surface area contributed by atoms with Crippen LogP contribution in [0.15, 0.2) is 36.4 Å². The van der Waals surface area contributed by atoms with Crippen LogP contribution in [-0.2, 0) is 34.6 Å². The Hall–Kier alpha value is -0.586. The van der Waals surface area contributed by atoms with Crippen LogP contribution in [0.3, 0.4) is 0 Å². The van der Waals surface area contributed by atoms with Gasteiger partial charge in [-0.1, -0.05) is 40.5 Å². The van der Waals surface area contributed by atoms with Crippen molar-refractivity contribution >= 4 is 0 Å². The molecule has 0 nitrogen and oxygen atoms in total. The molecule has 0 aliphatic heterocycles. The summed E-state index contributed by atoms with van der Waals surface area (Å²) in [5, 5.41) is 0. The molecule has 0 heterocycles. The average Bonchev–Trinajstić information content (AvgIpc) is 2.88. The van der Waals surface area contributed by atoms with Crippen molar-refractivity contribution in [3.8, 4) is 0 Å². The van der Waals surface area contributed by atoms with Crippen molar-refractivity contribution in [2.24, 2.45) is 0 Å². The summed E-state index contributed by atoms with van der Waals surface area (Å²) in [4.78, 5) is 0. The van der Waals surface area contributed by atoms with Gasteiger partial charge in [0.2, 0.25) is 0 Å². The van der Waals surface area contributed by atoms with Gasteiger partial charge in [-0.15, -0.1) is 0 Å². The molecule has 17 heavy (non-hydrogen) atoms. The zero-order valence-electron chi connectivity index (χ0n) is 11.4. The summed E-state index contributed by atoms with van der Waals surface area (Å²) in [5.41, 5.74) is 5.65. The van der Waals surface area contributed by atoms with Crippen LogP contribution in [0.5, 0.6) is 0 Å². The monoisotopic (exact) mass is 262 g/mol. The standard InChI is InChI=1S/2C8H11.Ti/c2*1-3-8-5-4-7(2)6-8;/h2*4-6H,3H2,1-2H3;/q2*-1;+2. The molecular weight excluding hydrogens is 240 g/mol. The van der Waals surface area contributed by atoms with E-state index >= 15 is 0 Å². The van der Waals surface area contributed by atoms with Gasteiger partial charge in [-0.3, -0.25) is 0 Å². The summed E-state index contributed by atoms with van der Waals surface area (Å²) in [7, 11) is 0. The Bertz CT molecular complexity index is 366. The van der Waals surface area contributed by atoms with E-state index in [0.717, 1.165) is 12.8 Å². The molecule has 0 N–H and O–H groups in total. The molecule has 0 atom stereocenters. The predicted molar refractivity (Wildman–Crippen MR) is 72.3 cm³/mol. The molecular formula is C16H22Ti. The predicted octanol–water partition coefficient (Wildman–Crippen LogP) is 4.55. The van der Waals surface area contributed by atoms with Gasteiger partial charge in [-0.05, 0) is 0 Å². The van der Waals surface area contributed by atoms with Gasteiger partial charge in [-0.25, -0.2) is 12.1 Å². The van der Waals surface area contributed by atoms with Gasteiger partial charge in [0.25, 0.3) is 0 Å². The third-order valence-electron chi connectivity index (χ3n) is 2.76. The van der Waals surface area contributed by atoms with Gasteiger partial charge in [0.1, 0.15) is 0 Å². The van der Waals surface area contributed by atoms with Crippen molar-refractivity contribution in [3.05, 3.63) is 58.7 Å². The third kappa shape index (κ3) is 6.05. The first-order chi connectivity index (χ1) is 7.65. The van der Waals surface area contributed by atoms with Crippen LogP contribution in [-0.4, -0.2) is 0 Å². The summed E-state index contributed by atoms with van der Waals surface area (Å²) >= 11 is 0. The molecule has 2 aromatic rings. The fourth-order valence-electron chi connectivity index (χ4n) is 1.69. The van der Waals surface area contributed by atoms with Crippen LogP contribution in [0, 0.1) is 13.8 Å². The molecule has 0 saturated heterocycles. The van der Waals surface area contributed by atoms with E-state index in [1.165, 1.54) is 22.3 Å². The van der Waals surface area contributed by atoms with Crippen LogP contribution >= 0.6 is 0 Å². The van der Waals surface area contributed by atoms with E-state index in [9.17, 15) is 0 Å². The van der Waals surface area contributed by atoms with Gasteiger partial charge in [0.15, 0.2) is 0 Å². The molecule has 0 unspecified atom stereocenters. The van der Waals surface area contributed by atoms with Gasteiger partial charge < -0.3 is 0 Å². The van der Waals surface area contributed by atoms with E-state index in [0.29, 0.717) is 0 Å². The first kappa shape index (κ1) is 16.4. The minimum atomic E-state index is 0. The van der Waals surface area contributed by atoms with Crippen LogP contribution < -0.4 is 0 Å². The summed E-state index contributed by atoms with van der Waals surface area (Å²) in [6.45, 7) is 8.60. The maximum absolute atomic E-state index is 2.22. The summed E-state index contributed by atoms with van der Waals surface area (Å²) in [6.07, 6.45) is 2.32. The Kier molecular flexibility index (Phi) is 8.20. The van der Waals surface area contributed by atoms with E-state index in [2.05, 4.69) is 64.1 Å². The van der Waals surface area contributed by atoms with Crippen molar-refractivity contribution in [3.63, 3.8) is 0 Å². The van der Waals surface area contributed by atoms with Gasteiger partial charge in [0, 0.05) is 0 Å². The van der Waals surface area contributed by atoms with Crippen molar-refractivity contribution < 1.29 is 21.7 Å². The minimum absolute atomic E-state index is 0. The van der Waals surface area contributed by atoms with Gasteiger partial charge in [-0.2, -0.15) is 46.5 Å². The molecule has 0 bridgehead atoms. The Morgan fingerprint density at radius 1 is 0.824 bits per heavy atom. The molecule has 0 spiro atoms. The largest absolute Gasteiger partial charge is 2.00 e. The number of rotatable bonds is 2. The molecule has 2 aromatic carbocycles. The average molecular weight is 262 g/mol. The first-order valence-corrected chi connectivity index (χ1v) is 6.10. The molecule has 0 fully saturated rings. The Morgan fingerprint density at radius 3 is 1.29 bits per heavy atom. The molecule has 0 aromatic heterocycles. The number of aryl methyl sites for hydroxylation is 4. The van der Waals surface area contributed by atoms with Crippen molar-refractivity contribution in [1.29, 1.82) is 0 Å². The molecule has 0 radical (unpaired) electrons. The zero-order valence-corrected chi connectivity index (χ0v) is 12.9. The van der Waals surface area contributed by atoms with Crippen LogP contribution in [0.25, 0.3) is 0 Å². The maximum Gasteiger partial charge on any atom is 2.00 e. The molecule has 0 aliphatic rings. The zero-order chi connectivity index (χ0) is 12.0. The molecule has 0 saturated carbocycles.